The van der Waals surface area contributed by atoms with Gasteiger partial charge in [0.1, 0.15) is 5.75 Å². The van der Waals surface area contributed by atoms with Crippen LogP contribution in [0.25, 0.3) is 0 Å². The maximum atomic E-state index is 12.9. The molecule has 2 heterocycles. The Morgan fingerprint density at radius 2 is 1.92 bits per heavy atom. The summed E-state index contributed by atoms with van der Waals surface area (Å²) in [5, 5.41) is 0. The number of benzene rings is 2. The van der Waals surface area contributed by atoms with Crippen LogP contribution in [0.1, 0.15) is 34.3 Å². The first-order valence-corrected chi connectivity index (χ1v) is 9.49. The van der Waals surface area contributed by atoms with Gasteiger partial charge < -0.3 is 9.64 Å². The smallest absolute Gasteiger partial charge is 0.254 e. The second-order valence-electron chi connectivity index (χ2n) is 7.27. The standard InChI is InChI=1S/C22H26N2O2/c1-26-21-10-4-8-18(14-21)22(25)24-12-5-9-20(16-24)23-13-11-17-6-2-3-7-19(17)15-23/h2-4,6-8,10,14,20H,5,9,11-13,15-16H2,1H3/t20-/m0/s1. The second kappa shape index (κ2) is 7.50. The van der Waals surface area contributed by atoms with Crippen molar-refractivity contribution in [2.24, 2.45) is 0 Å². The van der Waals surface area contributed by atoms with Crippen LogP contribution in [0, 0.1) is 0 Å². The molecule has 1 amide bonds. The number of amides is 1. The quantitative estimate of drug-likeness (QED) is 0.851. The molecular weight excluding hydrogens is 324 g/mol. The lowest BCUT2D eigenvalue weighted by atomic mass is 9.95. The molecule has 1 atom stereocenters. The fraction of sp³-hybridized carbons (Fsp3) is 0.409. The van der Waals surface area contributed by atoms with Crippen molar-refractivity contribution in [3.8, 4) is 5.75 Å². The molecule has 4 heteroatoms. The number of carbonyl (C=O) groups excluding carboxylic acids is 1. The summed E-state index contributed by atoms with van der Waals surface area (Å²) in [6, 6.07) is 16.7. The van der Waals surface area contributed by atoms with E-state index in [4.69, 9.17) is 4.74 Å². The van der Waals surface area contributed by atoms with Crippen molar-refractivity contribution in [1.82, 2.24) is 9.80 Å². The third kappa shape index (κ3) is 3.47. The van der Waals surface area contributed by atoms with Gasteiger partial charge in [-0.2, -0.15) is 0 Å². The lowest BCUT2D eigenvalue weighted by molar-refractivity contribution is 0.0549. The average Bonchev–Trinajstić information content (AvgIpc) is 2.73. The molecule has 4 nitrogen and oxygen atoms in total. The molecule has 0 aromatic heterocycles. The molecule has 2 aromatic rings. The van der Waals surface area contributed by atoms with Crippen LogP contribution in [0.5, 0.6) is 5.75 Å². The number of likely N-dealkylation sites (tertiary alicyclic amines) is 1. The molecule has 0 N–H and O–H groups in total. The third-order valence-corrected chi connectivity index (χ3v) is 5.68. The lowest BCUT2D eigenvalue weighted by Gasteiger charge is -2.41. The average molecular weight is 350 g/mol. The van der Waals surface area contributed by atoms with Crippen molar-refractivity contribution in [1.29, 1.82) is 0 Å². The van der Waals surface area contributed by atoms with E-state index in [1.165, 1.54) is 17.5 Å². The zero-order chi connectivity index (χ0) is 17.9. The monoisotopic (exact) mass is 350 g/mol. The van der Waals surface area contributed by atoms with Gasteiger partial charge >= 0.3 is 0 Å². The lowest BCUT2D eigenvalue weighted by Crippen LogP contribution is -2.51. The number of methoxy groups -OCH3 is 1. The van der Waals surface area contributed by atoms with Crippen molar-refractivity contribution in [2.75, 3.05) is 26.7 Å². The fourth-order valence-electron chi connectivity index (χ4n) is 4.21. The largest absolute Gasteiger partial charge is 0.497 e. The molecular formula is C22H26N2O2. The summed E-state index contributed by atoms with van der Waals surface area (Å²) < 4.78 is 5.26. The Hall–Kier alpha value is -2.33. The number of fused-ring (bicyclic) bond motifs is 1. The maximum absolute atomic E-state index is 12.9. The number of piperidine rings is 1. The van der Waals surface area contributed by atoms with E-state index < -0.39 is 0 Å². The highest BCUT2D eigenvalue weighted by Crippen LogP contribution is 2.25. The van der Waals surface area contributed by atoms with Crippen LogP contribution in [0.15, 0.2) is 48.5 Å². The van der Waals surface area contributed by atoms with Crippen LogP contribution in [0.2, 0.25) is 0 Å². The Morgan fingerprint density at radius 1 is 1.08 bits per heavy atom. The highest BCUT2D eigenvalue weighted by atomic mass is 16.5. The molecule has 0 unspecified atom stereocenters. The Labute approximate surface area is 155 Å². The van der Waals surface area contributed by atoms with E-state index in [0.717, 1.165) is 44.8 Å². The molecule has 0 aliphatic carbocycles. The van der Waals surface area contributed by atoms with Gasteiger partial charge in [-0.05, 0) is 48.6 Å². The van der Waals surface area contributed by atoms with Crippen molar-refractivity contribution in [3.05, 3.63) is 65.2 Å². The van der Waals surface area contributed by atoms with E-state index in [1.807, 2.05) is 29.2 Å². The van der Waals surface area contributed by atoms with Crippen LogP contribution in [-0.2, 0) is 13.0 Å². The summed E-state index contributed by atoms with van der Waals surface area (Å²) in [6.07, 6.45) is 3.35. The predicted octanol–water partition coefficient (Wildman–Crippen LogP) is 3.36. The maximum Gasteiger partial charge on any atom is 0.254 e. The zero-order valence-electron chi connectivity index (χ0n) is 15.4. The molecule has 2 aromatic carbocycles. The van der Waals surface area contributed by atoms with Gasteiger partial charge in [0.25, 0.3) is 5.91 Å². The van der Waals surface area contributed by atoms with E-state index in [0.29, 0.717) is 11.6 Å². The molecule has 26 heavy (non-hydrogen) atoms. The highest BCUT2D eigenvalue weighted by molar-refractivity contribution is 5.94. The van der Waals surface area contributed by atoms with Gasteiger partial charge in [0.2, 0.25) is 0 Å². The Morgan fingerprint density at radius 3 is 2.77 bits per heavy atom. The number of hydrogen-bond donors (Lipinski definition) is 0. The second-order valence-corrected chi connectivity index (χ2v) is 7.27. The number of ether oxygens (including phenoxy) is 1. The highest BCUT2D eigenvalue weighted by Gasteiger charge is 2.30. The van der Waals surface area contributed by atoms with Gasteiger partial charge in [-0.1, -0.05) is 30.3 Å². The summed E-state index contributed by atoms with van der Waals surface area (Å²) in [6.45, 7) is 3.75. The van der Waals surface area contributed by atoms with Gasteiger partial charge in [0.15, 0.2) is 0 Å². The normalized spacial score (nSPS) is 20.5. The first-order chi connectivity index (χ1) is 12.7. The summed E-state index contributed by atoms with van der Waals surface area (Å²) in [4.78, 5) is 17.5. The van der Waals surface area contributed by atoms with Gasteiger partial charge in [0, 0.05) is 37.8 Å². The Bertz CT molecular complexity index is 789. The minimum atomic E-state index is 0.117. The van der Waals surface area contributed by atoms with Crippen molar-refractivity contribution >= 4 is 5.91 Å². The van der Waals surface area contributed by atoms with Gasteiger partial charge in [-0.25, -0.2) is 0 Å². The van der Waals surface area contributed by atoms with E-state index in [2.05, 4.69) is 29.2 Å². The van der Waals surface area contributed by atoms with E-state index in [9.17, 15) is 4.79 Å². The predicted molar refractivity (Wildman–Crippen MR) is 102 cm³/mol. The van der Waals surface area contributed by atoms with Crippen LogP contribution in [0.3, 0.4) is 0 Å². The SMILES string of the molecule is COc1cccc(C(=O)N2CCC[C@H](N3CCc4ccccc4C3)C2)c1. The summed E-state index contributed by atoms with van der Waals surface area (Å²) in [7, 11) is 1.63. The summed E-state index contributed by atoms with van der Waals surface area (Å²) >= 11 is 0. The third-order valence-electron chi connectivity index (χ3n) is 5.68. The summed E-state index contributed by atoms with van der Waals surface area (Å²) in [5.41, 5.74) is 3.63. The molecule has 2 aliphatic rings. The minimum absolute atomic E-state index is 0.117. The number of nitrogens with zero attached hydrogens (tertiary/aromatic N) is 2. The Kier molecular flexibility index (Phi) is 4.93. The number of carbonyl (C=O) groups is 1. The first-order valence-electron chi connectivity index (χ1n) is 9.49. The van der Waals surface area contributed by atoms with Crippen molar-refractivity contribution < 1.29 is 9.53 Å². The molecule has 1 fully saturated rings. The van der Waals surface area contributed by atoms with Gasteiger partial charge in [-0.15, -0.1) is 0 Å². The van der Waals surface area contributed by atoms with Gasteiger partial charge in [-0.3, -0.25) is 9.69 Å². The van der Waals surface area contributed by atoms with Crippen LogP contribution in [0.4, 0.5) is 0 Å². The molecule has 136 valence electrons. The Balaban J connectivity index is 1.45. The fourth-order valence-corrected chi connectivity index (χ4v) is 4.21. The topological polar surface area (TPSA) is 32.8 Å². The molecule has 0 bridgehead atoms. The first kappa shape index (κ1) is 17.1. The molecule has 1 saturated heterocycles. The van der Waals surface area contributed by atoms with E-state index in [-0.39, 0.29) is 5.91 Å². The summed E-state index contributed by atoms with van der Waals surface area (Å²) in [5.74, 6) is 0.850. The van der Waals surface area contributed by atoms with Crippen molar-refractivity contribution in [3.63, 3.8) is 0 Å². The molecule has 0 spiro atoms. The molecule has 2 aliphatic heterocycles. The molecule has 0 radical (unpaired) electrons. The van der Waals surface area contributed by atoms with E-state index >= 15 is 0 Å². The van der Waals surface area contributed by atoms with Crippen LogP contribution in [-0.4, -0.2) is 48.5 Å². The number of rotatable bonds is 3. The molecule has 4 rings (SSSR count). The van der Waals surface area contributed by atoms with Crippen molar-refractivity contribution in [2.45, 2.75) is 31.8 Å². The van der Waals surface area contributed by atoms with Crippen LogP contribution >= 0.6 is 0 Å². The number of hydrogen-bond acceptors (Lipinski definition) is 3. The molecule has 0 saturated carbocycles. The minimum Gasteiger partial charge on any atom is -0.497 e. The van der Waals surface area contributed by atoms with Gasteiger partial charge in [0.05, 0.1) is 7.11 Å². The van der Waals surface area contributed by atoms with Crippen LogP contribution < -0.4 is 4.74 Å². The van der Waals surface area contributed by atoms with E-state index in [1.54, 1.807) is 7.11 Å². The zero-order valence-corrected chi connectivity index (χ0v) is 15.4.